The molecule has 2 aromatic rings. The highest BCUT2D eigenvalue weighted by molar-refractivity contribution is 5.80. The lowest BCUT2D eigenvalue weighted by Crippen LogP contribution is -2.48. The number of benzene rings is 1. The maximum atomic E-state index is 6.08. The number of hydrogen-bond donors (Lipinski definition) is 1. The van der Waals surface area contributed by atoms with Gasteiger partial charge in [-0.2, -0.15) is 0 Å². The molecule has 1 unspecified atom stereocenters. The van der Waals surface area contributed by atoms with Crippen molar-refractivity contribution in [2.24, 2.45) is 4.99 Å². The van der Waals surface area contributed by atoms with Gasteiger partial charge in [0.25, 0.3) is 0 Å². The Morgan fingerprint density at radius 1 is 1.17 bits per heavy atom. The van der Waals surface area contributed by atoms with E-state index in [4.69, 9.17) is 4.74 Å². The van der Waals surface area contributed by atoms with Crippen molar-refractivity contribution < 1.29 is 4.74 Å². The topological polar surface area (TPSA) is 53.0 Å². The second-order valence-electron chi connectivity index (χ2n) is 8.13. The fourth-order valence-electron chi connectivity index (χ4n) is 4.36. The molecule has 6 nitrogen and oxygen atoms in total. The van der Waals surface area contributed by atoms with Crippen molar-refractivity contribution in [1.82, 2.24) is 15.2 Å². The number of piperidine rings is 1. The minimum atomic E-state index is 0.0742. The van der Waals surface area contributed by atoms with Crippen molar-refractivity contribution >= 4 is 11.8 Å². The molecule has 0 spiro atoms. The molecule has 1 aromatic carbocycles. The van der Waals surface area contributed by atoms with E-state index in [1.807, 2.05) is 13.2 Å². The summed E-state index contributed by atoms with van der Waals surface area (Å²) in [6, 6.07) is 12.8. The van der Waals surface area contributed by atoms with E-state index in [9.17, 15) is 0 Å². The Morgan fingerprint density at radius 2 is 2.00 bits per heavy atom. The number of pyridine rings is 1. The Bertz CT molecular complexity index is 862. The summed E-state index contributed by atoms with van der Waals surface area (Å²) in [4.78, 5) is 13.8. The van der Waals surface area contributed by atoms with Crippen LogP contribution in [0.4, 0.5) is 5.82 Å². The third kappa shape index (κ3) is 4.93. The van der Waals surface area contributed by atoms with E-state index >= 15 is 0 Å². The van der Waals surface area contributed by atoms with Gasteiger partial charge in [0, 0.05) is 39.4 Å². The van der Waals surface area contributed by atoms with Crippen LogP contribution in [0.5, 0.6) is 0 Å². The molecule has 0 amide bonds. The molecule has 0 aliphatic carbocycles. The summed E-state index contributed by atoms with van der Waals surface area (Å²) in [5, 5.41) is 3.55. The summed E-state index contributed by atoms with van der Waals surface area (Å²) in [5.74, 6) is 2.02. The maximum absolute atomic E-state index is 6.08. The average molecular weight is 408 g/mol. The molecule has 1 atom stereocenters. The SMILES string of the molecule is CN=C(NCc1ccnc(N2CCCCC2)c1)N1CCOC(c2ccccc2C)C1. The highest BCUT2D eigenvalue weighted by Gasteiger charge is 2.25. The van der Waals surface area contributed by atoms with E-state index in [2.05, 4.69) is 68.4 Å². The number of aliphatic imine (C=N–C) groups is 1. The monoisotopic (exact) mass is 407 g/mol. The zero-order chi connectivity index (χ0) is 20.8. The number of rotatable bonds is 4. The highest BCUT2D eigenvalue weighted by Crippen LogP contribution is 2.25. The van der Waals surface area contributed by atoms with Gasteiger partial charge in [-0.3, -0.25) is 4.99 Å². The molecule has 2 fully saturated rings. The first-order valence-corrected chi connectivity index (χ1v) is 11.1. The van der Waals surface area contributed by atoms with Crippen molar-refractivity contribution in [1.29, 1.82) is 0 Å². The number of anilines is 1. The summed E-state index contributed by atoms with van der Waals surface area (Å²) in [5.41, 5.74) is 3.77. The van der Waals surface area contributed by atoms with Gasteiger partial charge in [0.1, 0.15) is 11.9 Å². The number of aryl methyl sites for hydroxylation is 1. The summed E-state index contributed by atoms with van der Waals surface area (Å²) < 4.78 is 6.08. The van der Waals surface area contributed by atoms with Crippen LogP contribution in [0.3, 0.4) is 0 Å². The first-order chi connectivity index (χ1) is 14.7. The molecular formula is C24H33N5O. The van der Waals surface area contributed by atoms with Crippen LogP contribution in [0.25, 0.3) is 0 Å². The molecular weight excluding hydrogens is 374 g/mol. The highest BCUT2D eigenvalue weighted by atomic mass is 16.5. The molecule has 1 N–H and O–H groups in total. The molecule has 160 valence electrons. The number of hydrogen-bond acceptors (Lipinski definition) is 4. The van der Waals surface area contributed by atoms with Crippen LogP contribution in [0.2, 0.25) is 0 Å². The molecule has 4 rings (SSSR count). The Labute approximate surface area is 180 Å². The number of nitrogens with one attached hydrogen (secondary N) is 1. The van der Waals surface area contributed by atoms with Crippen molar-refractivity contribution in [3.05, 3.63) is 59.3 Å². The van der Waals surface area contributed by atoms with Gasteiger partial charge < -0.3 is 19.9 Å². The number of aromatic nitrogens is 1. The molecule has 1 aromatic heterocycles. The molecule has 30 heavy (non-hydrogen) atoms. The standard InChI is InChI=1S/C24H33N5O/c1-19-8-4-5-9-21(19)22-18-29(14-15-30-22)24(25-2)27-17-20-10-11-26-23(16-20)28-12-6-3-7-13-28/h4-5,8-11,16,22H,3,6-7,12-15,17-18H2,1-2H3,(H,25,27). The average Bonchev–Trinajstić information content (AvgIpc) is 2.81. The summed E-state index contributed by atoms with van der Waals surface area (Å²) >= 11 is 0. The van der Waals surface area contributed by atoms with Crippen molar-refractivity contribution in [2.45, 2.75) is 38.8 Å². The molecule has 0 bridgehead atoms. The lowest BCUT2D eigenvalue weighted by molar-refractivity contribution is -0.00833. The maximum Gasteiger partial charge on any atom is 0.194 e. The van der Waals surface area contributed by atoms with Crippen molar-refractivity contribution in [3.63, 3.8) is 0 Å². The number of ether oxygens (including phenoxy) is 1. The zero-order valence-corrected chi connectivity index (χ0v) is 18.2. The number of nitrogens with zero attached hydrogens (tertiary/aromatic N) is 4. The lowest BCUT2D eigenvalue weighted by Gasteiger charge is -2.35. The van der Waals surface area contributed by atoms with Crippen molar-refractivity contribution in [3.8, 4) is 0 Å². The van der Waals surface area contributed by atoms with Crippen LogP contribution in [-0.2, 0) is 11.3 Å². The van der Waals surface area contributed by atoms with Gasteiger partial charge in [-0.25, -0.2) is 4.98 Å². The third-order valence-electron chi connectivity index (χ3n) is 6.05. The Kier molecular flexibility index (Phi) is 6.84. The molecule has 2 saturated heterocycles. The first-order valence-electron chi connectivity index (χ1n) is 11.1. The van der Waals surface area contributed by atoms with Crippen LogP contribution in [0.1, 0.15) is 42.1 Å². The van der Waals surface area contributed by atoms with Gasteiger partial charge in [-0.05, 0) is 55.0 Å². The van der Waals surface area contributed by atoms with E-state index in [-0.39, 0.29) is 6.10 Å². The van der Waals surface area contributed by atoms with Gasteiger partial charge in [0.15, 0.2) is 5.96 Å². The summed E-state index contributed by atoms with van der Waals surface area (Å²) in [6.45, 7) is 7.46. The molecule has 0 saturated carbocycles. The predicted octanol–water partition coefficient (Wildman–Crippen LogP) is 3.53. The Hall–Kier alpha value is -2.60. The summed E-state index contributed by atoms with van der Waals surface area (Å²) in [7, 11) is 1.85. The van der Waals surface area contributed by atoms with E-state index in [1.165, 1.54) is 36.0 Å². The zero-order valence-electron chi connectivity index (χ0n) is 18.2. The summed E-state index contributed by atoms with van der Waals surface area (Å²) in [6.07, 6.45) is 5.85. The van der Waals surface area contributed by atoms with E-state index in [0.29, 0.717) is 6.61 Å². The number of morpholine rings is 1. The first kappa shape index (κ1) is 20.7. The van der Waals surface area contributed by atoms with Crippen LogP contribution < -0.4 is 10.2 Å². The fourth-order valence-corrected chi connectivity index (χ4v) is 4.36. The minimum Gasteiger partial charge on any atom is -0.370 e. The van der Waals surface area contributed by atoms with Gasteiger partial charge in [0.2, 0.25) is 0 Å². The van der Waals surface area contributed by atoms with Crippen LogP contribution in [0.15, 0.2) is 47.6 Å². The molecule has 6 heteroatoms. The molecule has 0 radical (unpaired) electrons. The third-order valence-corrected chi connectivity index (χ3v) is 6.05. The van der Waals surface area contributed by atoms with Crippen LogP contribution in [-0.4, -0.2) is 55.7 Å². The van der Waals surface area contributed by atoms with E-state index in [1.54, 1.807) is 0 Å². The van der Waals surface area contributed by atoms with Crippen LogP contribution >= 0.6 is 0 Å². The second kappa shape index (κ2) is 9.94. The van der Waals surface area contributed by atoms with Crippen LogP contribution in [0, 0.1) is 6.92 Å². The predicted molar refractivity (Wildman–Crippen MR) is 122 cm³/mol. The van der Waals surface area contributed by atoms with Gasteiger partial charge in [0.05, 0.1) is 13.2 Å². The normalized spacial score (nSPS) is 20.3. The van der Waals surface area contributed by atoms with E-state index in [0.717, 1.165) is 44.5 Å². The molecule has 2 aliphatic heterocycles. The van der Waals surface area contributed by atoms with Gasteiger partial charge in [-0.1, -0.05) is 24.3 Å². The van der Waals surface area contributed by atoms with Crippen molar-refractivity contribution in [2.75, 3.05) is 44.7 Å². The Morgan fingerprint density at radius 3 is 2.80 bits per heavy atom. The smallest absolute Gasteiger partial charge is 0.194 e. The molecule has 2 aliphatic rings. The number of guanidine groups is 1. The largest absolute Gasteiger partial charge is 0.370 e. The lowest BCUT2D eigenvalue weighted by atomic mass is 10.0. The van der Waals surface area contributed by atoms with Gasteiger partial charge >= 0.3 is 0 Å². The minimum absolute atomic E-state index is 0.0742. The Balaban J connectivity index is 1.38. The molecule has 3 heterocycles. The fraction of sp³-hybridized carbons (Fsp3) is 0.500. The van der Waals surface area contributed by atoms with E-state index < -0.39 is 0 Å². The second-order valence-corrected chi connectivity index (χ2v) is 8.13. The quantitative estimate of drug-likeness (QED) is 0.621. The van der Waals surface area contributed by atoms with Gasteiger partial charge in [-0.15, -0.1) is 0 Å².